The molecule has 0 bridgehead atoms. The van der Waals surface area contributed by atoms with Gasteiger partial charge in [0, 0.05) is 13.1 Å². The first-order valence-corrected chi connectivity index (χ1v) is 5.45. The van der Waals surface area contributed by atoms with Crippen molar-refractivity contribution in [2.75, 3.05) is 32.9 Å². The summed E-state index contributed by atoms with van der Waals surface area (Å²) in [5, 5.41) is 3.17. The lowest BCUT2D eigenvalue weighted by atomic mass is 10.1. The van der Waals surface area contributed by atoms with Crippen LogP contribution in [0.15, 0.2) is 0 Å². The average molecular weight is 257 g/mol. The number of alkyl halides is 3. The minimum absolute atomic E-state index is 0.0974. The molecule has 1 fully saturated rings. The summed E-state index contributed by atoms with van der Waals surface area (Å²) in [6.45, 7) is 4.95. The molecular formula is C10H18F3NO3. The molecule has 1 rings (SSSR count). The molecule has 1 N–H and O–H groups in total. The fourth-order valence-electron chi connectivity index (χ4n) is 1.59. The fraction of sp³-hybridized carbons (Fsp3) is 1.00. The predicted molar refractivity (Wildman–Crippen MR) is 54.6 cm³/mol. The van der Waals surface area contributed by atoms with Gasteiger partial charge < -0.3 is 14.8 Å². The molecule has 0 radical (unpaired) electrons. The highest BCUT2D eigenvalue weighted by Gasteiger charge is 2.29. The highest BCUT2D eigenvalue weighted by atomic mass is 19.4. The first-order valence-electron chi connectivity index (χ1n) is 5.45. The van der Waals surface area contributed by atoms with E-state index < -0.39 is 13.0 Å². The van der Waals surface area contributed by atoms with Crippen molar-refractivity contribution in [3.8, 4) is 0 Å². The third kappa shape index (κ3) is 6.82. The minimum Gasteiger partial charge on any atom is -0.376 e. The van der Waals surface area contributed by atoms with Crippen LogP contribution in [0.4, 0.5) is 13.2 Å². The van der Waals surface area contributed by atoms with Crippen molar-refractivity contribution < 1.29 is 27.4 Å². The molecule has 4 nitrogen and oxygen atoms in total. The van der Waals surface area contributed by atoms with Gasteiger partial charge in [-0.15, -0.1) is 13.2 Å². The molecule has 17 heavy (non-hydrogen) atoms. The first kappa shape index (κ1) is 14.7. The van der Waals surface area contributed by atoms with Crippen LogP contribution in [0.1, 0.15) is 13.8 Å². The molecule has 0 spiro atoms. The lowest BCUT2D eigenvalue weighted by molar-refractivity contribution is -0.327. The van der Waals surface area contributed by atoms with E-state index in [1.54, 1.807) is 0 Å². The number of hydrogen-bond acceptors (Lipinski definition) is 4. The standard InChI is InChI=1S/C10H18F3NO3/c1-9(2)7-14-5-8(17-9)6-15-3-4-16-10(11,12)13/h8,14H,3-7H2,1-2H3. The zero-order valence-electron chi connectivity index (χ0n) is 9.97. The summed E-state index contributed by atoms with van der Waals surface area (Å²) < 4.78 is 49.2. The lowest BCUT2D eigenvalue weighted by Crippen LogP contribution is -2.51. The van der Waals surface area contributed by atoms with Gasteiger partial charge >= 0.3 is 6.36 Å². The van der Waals surface area contributed by atoms with Gasteiger partial charge in [-0.2, -0.15) is 0 Å². The minimum atomic E-state index is -4.59. The van der Waals surface area contributed by atoms with E-state index in [4.69, 9.17) is 9.47 Å². The first-order chi connectivity index (χ1) is 7.79. The highest BCUT2D eigenvalue weighted by molar-refractivity contribution is 4.81. The zero-order valence-corrected chi connectivity index (χ0v) is 9.97. The molecule has 0 amide bonds. The monoisotopic (exact) mass is 257 g/mol. The van der Waals surface area contributed by atoms with Gasteiger partial charge in [-0.05, 0) is 13.8 Å². The fourth-order valence-corrected chi connectivity index (χ4v) is 1.59. The molecule has 1 saturated heterocycles. The predicted octanol–water partition coefficient (Wildman–Crippen LogP) is 1.31. The summed E-state index contributed by atoms with van der Waals surface area (Å²) in [6, 6.07) is 0. The topological polar surface area (TPSA) is 39.7 Å². The summed E-state index contributed by atoms with van der Waals surface area (Å²) in [5.74, 6) is 0. The Morgan fingerprint density at radius 1 is 1.35 bits per heavy atom. The Balaban J connectivity index is 2.07. The Kier molecular flexibility index (Phi) is 5.18. The molecule has 0 saturated carbocycles. The van der Waals surface area contributed by atoms with E-state index in [0.717, 1.165) is 6.54 Å². The maximum absolute atomic E-state index is 11.6. The highest BCUT2D eigenvalue weighted by Crippen LogP contribution is 2.16. The lowest BCUT2D eigenvalue weighted by Gasteiger charge is -2.36. The smallest absolute Gasteiger partial charge is 0.376 e. The van der Waals surface area contributed by atoms with Crippen molar-refractivity contribution in [3.63, 3.8) is 0 Å². The number of hydrogen-bond donors (Lipinski definition) is 1. The van der Waals surface area contributed by atoms with Crippen LogP contribution < -0.4 is 5.32 Å². The van der Waals surface area contributed by atoms with Crippen molar-refractivity contribution in [1.82, 2.24) is 5.32 Å². The van der Waals surface area contributed by atoms with Crippen LogP contribution in [0.5, 0.6) is 0 Å². The summed E-state index contributed by atoms with van der Waals surface area (Å²) in [5.41, 5.74) is -0.269. The van der Waals surface area contributed by atoms with Crippen LogP contribution in [0, 0.1) is 0 Å². The normalized spacial score (nSPS) is 24.9. The van der Waals surface area contributed by atoms with E-state index in [1.165, 1.54) is 0 Å². The molecule has 102 valence electrons. The van der Waals surface area contributed by atoms with E-state index in [9.17, 15) is 13.2 Å². The van der Waals surface area contributed by atoms with Crippen LogP contribution in [0.2, 0.25) is 0 Å². The van der Waals surface area contributed by atoms with Gasteiger partial charge in [-0.3, -0.25) is 4.74 Å². The largest absolute Gasteiger partial charge is 0.522 e. The SMILES string of the molecule is CC1(C)CNCC(COCCOC(F)(F)F)O1. The van der Waals surface area contributed by atoms with Crippen molar-refractivity contribution >= 4 is 0 Å². The van der Waals surface area contributed by atoms with E-state index >= 15 is 0 Å². The van der Waals surface area contributed by atoms with Gasteiger partial charge in [-0.1, -0.05) is 0 Å². The molecular weight excluding hydrogens is 239 g/mol. The third-order valence-electron chi connectivity index (χ3n) is 2.21. The molecule has 1 atom stereocenters. The van der Waals surface area contributed by atoms with Crippen molar-refractivity contribution in [2.45, 2.75) is 31.9 Å². The van der Waals surface area contributed by atoms with Gasteiger partial charge in [0.2, 0.25) is 0 Å². The Morgan fingerprint density at radius 2 is 2.06 bits per heavy atom. The van der Waals surface area contributed by atoms with Crippen LogP contribution in [0.25, 0.3) is 0 Å². The van der Waals surface area contributed by atoms with Crippen LogP contribution >= 0.6 is 0 Å². The van der Waals surface area contributed by atoms with E-state index in [1.807, 2.05) is 13.8 Å². The quantitative estimate of drug-likeness (QED) is 0.754. The molecule has 1 aliphatic rings. The number of halogens is 3. The molecule has 7 heteroatoms. The van der Waals surface area contributed by atoms with E-state index in [0.29, 0.717) is 6.54 Å². The number of ether oxygens (including phenoxy) is 3. The second kappa shape index (κ2) is 5.99. The summed E-state index contributed by atoms with van der Waals surface area (Å²) in [4.78, 5) is 0. The molecule has 0 aromatic carbocycles. The molecule has 1 aliphatic heterocycles. The Bertz CT molecular complexity index is 233. The van der Waals surface area contributed by atoms with Gasteiger partial charge in [0.25, 0.3) is 0 Å². The number of rotatable bonds is 5. The van der Waals surface area contributed by atoms with Gasteiger partial charge in [0.05, 0.1) is 31.5 Å². The molecule has 0 aliphatic carbocycles. The molecule has 0 aromatic rings. The number of morpholine rings is 1. The summed E-state index contributed by atoms with van der Waals surface area (Å²) in [6.07, 6.45) is -4.72. The van der Waals surface area contributed by atoms with Gasteiger partial charge in [-0.25, -0.2) is 0 Å². The maximum Gasteiger partial charge on any atom is 0.522 e. The maximum atomic E-state index is 11.6. The van der Waals surface area contributed by atoms with Crippen LogP contribution in [-0.4, -0.2) is 51.0 Å². The molecule has 1 unspecified atom stereocenters. The Morgan fingerprint density at radius 3 is 2.65 bits per heavy atom. The molecule has 0 aromatic heterocycles. The summed E-state index contributed by atoms with van der Waals surface area (Å²) in [7, 11) is 0. The third-order valence-corrected chi connectivity index (χ3v) is 2.21. The molecule has 1 heterocycles. The average Bonchev–Trinajstić information content (AvgIpc) is 2.13. The number of nitrogens with one attached hydrogen (secondary N) is 1. The summed E-state index contributed by atoms with van der Waals surface area (Å²) >= 11 is 0. The Labute approximate surface area is 98.4 Å². The van der Waals surface area contributed by atoms with Crippen LogP contribution in [-0.2, 0) is 14.2 Å². The second-order valence-electron chi connectivity index (χ2n) is 4.50. The zero-order chi connectivity index (χ0) is 12.9. The van der Waals surface area contributed by atoms with Gasteiger partial charge in [0.1, 0.15) is 0 Å². The van der Waals surface area contributed by atoms with Gasteiger partial charge in [0.15, 0.2) is 0 Å². The van der Waals surface area contributed by atoms with E-state index in [-0.39, 0.29) is 24.9 Å². The Hall–Kier alpha value is -0.370. The van der Waals surface area contributed by atoms with Crippen molar-refractivity contribution in [1.29, 1.82) is 0 Å². The van der Waals surface area contributed by atoms with Crippen LogP contribution in [0.3, 0.4) is 0 Å². The van der Waals surface area contributed by atoms with Crippen molar-refractivity contribution in [3.05, 3.63) is 0 Å². The second-order valence-corrected chi connectivity index (χ2v) is 4.50. The van der Waals surface area contributed by atoms with Crippen molar-refractivity contribution in [2.24, 2.45) is 0 Å². The van der Waals surface area contributed by atoms with E-state index in [2.05, 4.69) is 10.1 Å².